The minimum absolute atomic E-state index is 0.460. The summed E-state index contributed by atoms with van der Waals surface area (Å²) in [6.45, 7) is 4.66. The maximum absolute atomic E-state index is 3.94. The summed E-state index contributed by atoms with van der Waals surface area (Å²) in [5.41, 5.74) is 0.921. The van der Waals surface area contributed by atoms with Crippen LogP contribution in [0.3, 0.4) is 0 Å². The zero-order valence-electron chi connectivity index (χ0n) is 9.82. The van der Waals surface area contributed by atoms with Crippen molar-refractivity contribution in [2.75, 3.05) is 7.05 Å². The van der Waals surface area contributed by atoms with Gasteiger partial charge in [-0.1, -0.05) is 13.8 Å². The lowest BCUT2D eigenvalue weighted by molar-refractivity contribution is 0.161. The summed E-state index contributed by atoms with van der Waals surface area (Å²) in [5.74, 6) is 0. The molecule has 2 saturated heterocycles. The molecule has 2 heteroatoms. The predicted molar refractivity (Wildman–Crippen MR) is 60.5 cm³/mol. The molecule has 0 aliphatic carbocycles. The van der Waals surface area contributed by atoms with Gasteiger partial charge in [-0.2, -0.15) is 0 Å². The van der Waals surface area contributed by atoms with E-state index in [1.807, 2.05) is 0 Å². The van der Waals surface area contributed by atoms with Crippen molar-refractivity contribution in [1.82, 2.24) is 10.6 Å². The molecule has 0 aromatic heterocycles. The fourth-order valence-corrected chi connectivity index (χ4v) is 3.51. The molecule has 2 aliphatic heterocycles. The number of rotatable bonds is 3. The van der Waals surface area contributed by atoms with Crippen LogP contribution in [0.5, 0.6) is 0 Å². The van der Waals surface area contributed by atoms with Gasteiger partial charge in [0.15, 0.2) is 0 Å². The van der Waals surface area contributed by atoms with E-state index in [1.54, 1.807) is 0 Å². The van der Waals surface area contributed by atoms with Crippen molar-refractivity contribution >= 4 is 0 Å². The Balaban J connectivity index is 2.18. The first kappa shape index (κ1) is 10.4. The molecule has 0 spiro atoms. The number of nitrogens with one attached hydrogen (secondary N) is 2. The molecule has 1 unspecified atom stereocenters. The first-order chi connectivity index (χ1) is 6.67. The van der Waals surface area contributed by atoms with E-state index in [-0.39, 0.29) is 0 Å². The van der Waals surface area contributed by atoms with Crippen LogP contribution in [0.1, 0.15) is 52.4 Å². The van der Waals surface area contributed by atoms with Gasteiger partial charge in [-0.25, -0.2) is 0 Å². The van der Waals surface area contributed by atoms with Crippen molar-refractivity contribution < 1.29 is 0 Å². The third-order valence-corrected chi connectivity index (χ3v) is 4.65. The molecule has 0 aromatic carbocycles. The zero-order chi connectivity index (χ0) is 10.2. The molecule has 2 fully saturated rings. The fraction of sp³-hybridized carbons (Fsp3) is 1.00. The van der Waals surface area contributed by atoms with Gasteiger partial charge in [-0.05, 0) is 45.6 Å². The molecule has 82 valence electrons. The molecule has 2 heterocycles. The van der Waals surface area contributed by atoms with Gasteiger partial charge in [-0.3, -0.25) is 0 Å². The second-order valence-electron chi connectivity index (χ2n) is 5.29. The van der Waals surface area contributed by atoms with Crippen LogP contribution in [0.4, 0.5) is 0 Å². The van der Waals surface area contributed by atoms with Crippen LogP contribution < -0.4 is 10.6 Å². The van der Waals surface area contributed by atoms with Crippen molar-refractivity contribution in [2.24, 2.45) is 0 Å². The average molecular weight is 196 g/mol. The molecule has 2 aliphatic rings. The van der Waals surface area contributed by atoms with Gasteiger partial charge in [0.05, 0.1) is 0 Å². The topological polar surface area (TPSA) is 24.1 Å². The molecule has 2 N–H and O–H groups in total. The summed E-state index contributed by atoms with van der Waals surface area (Å²) < 4.78 is 0. The largest absolute Gasteiger partial charge is 0.317 e. The van der Waals surface area contributed by atoms with Crippen molar-refractivity contribution in [3.8, 4) is 0 Å². The lowest BCUT2D eigenvalue weighted by Crippen LogP contribution is -2.59. The van der Waals surface area contributed by atoms with Crippen molar-refractivity contribution in [3.63, 3.8) is 0 Å². The fourth-order valence-electron chi connectivity index (χ4n) is 3.51. The molecule has 0 amide bonds. The Hall–Kier alpha value is -0.0800. The summed E-state index contributed by atoms with van der Waals surface area (Å²) in [7, 11) is 2.11. The maximum atomic E-state index is 3.94. The van der Waals surface area contributed by atoms with Gasteiger partial charge in [0.2, 0.25) is 0 Å². The number of hydrogen-bond donors (Lipinski definition) is 2. The van der Waals surface area contributed by atoms with Gasteiger partial charge in [0.1, 0.15) is 0 Å². The van der Waals surface area contributed by atoms with Crippen LogP contribution in [0, 0.1) is 0 Å². The number of piperidine rings is 1. The minimum Gasteiger partial charge on any atom is -0.317 e. The van der Waals surface area contributed by atoms with E-state index in [2.05, 4.69) is 31.5 Å². The second-order valence-corrected chi connectivity index (χ2v) is 5.29. The standard InChI is InChI=1S/C12H24N2/c1-4-11-6-7-12(5-2,14-11)9-10(8-11)13-3/h10,13-14H,4-9H2,1-3H3/t10?,11-,12+. The first-order valence-electron chi connectivity index (χ1n) is 6.14. The van der Waals surface area contributed by atoms with Gasteiger partial charge in [-0.15, -0.1) is 0 Å². The third kappa shape index (κ3) is 1.49. The number of hydrogen-bond acceptors (Lipinski definition) is 2. The normalized spacial score (nSPS) is 46.9. The molecule has 14 heavy (non-hydrogen) atoms. The highest BCUT2D eigenvalue weighted by atomic mass is 15.1. The Labute approximate surface area is 87.8 Å². The van der Waals surface area contributed by atoms with E-state index in [9.17, 15) is 0 Å². The highest BCUT2D eigenvalue weighted by molar-refractivity contribution is 5.12. The molecular formula is C12H24N2. The molecule has 0 radical (unpaired) electrons. The summed E-state index contributed by atoms with van der Waals surface area (Å²) in [4.78, 5) is 0. The summed E-state index contributed by atoms with van der Waals surface area (Å²) in [6, 6.07) is 0.735. The second kappa shape index (κ2) is 3.49. The van der Waals surface area contributed by atoms with E-state index in [1.165, 1.54) is 38.5 Å². The van der Waals surface area contributed by atoms with Crippen molar-refractivity contribution in [1.29, 1.82) is 0 Å². The lowest BCUT2D eigenvalue weighted by atomic mass is 9.81. The van der Waals surface area contributed by atoms with Crippen LogP contribution >= 0.6 is 0 Å². The Morgan fingerprint density at radius 3 is 2.00 bits per heavy atom. The predicted octanol–water partition coefficient (Wildman–Crippen LogP) is 2.05. The molecule has 0 aromatic rings. The SMILES string of the molecule is CC[C@]12CC[C@](CC)(CC(NC)C1)N2. The van der Waals surface area contributed by atoms with E-state index >= 15 is 0 Å². The van der Waals surface area contributed by atoms with Gasteiger partial charge >= 0.3 is 0 Å². The highest BCUT2D eigenvalue weighted by Gasteiger charge is 2.51. The zero-order valence-corrected chi connectivity index (χ0v) is 9.82. The number of fused-ring (bicyclic) bond motifs is 2. The van der Waals surface area contributed by atoms with E-state index in [0.717, 1.165) is 6.04 Å². The molecule has 2 bridgehead atoms. The molecule has 2 rings (SSSR count). The molecular weight excluding hydrogens is 172 g/mol. The van der Waals surface area contributed by atoms with Crippen LogP contribution in [-0.4, -0.2) is 24.2 Å². The highest BCUT2D eigenvalue weighted by Crippen LogP contribution is 2.45. The summed E-state index contributed by atoms with van der Waals surface area (Å²) in [6.07, 6.45) is 7.98. The first-order valence-corrected chi connectivity index (χ1v) is 6.14. The smallest absolute Gasteiger partial charge is 0.0199 e. The van der Waals surface area contributed by atoms with E-state index in [4.69, 9.17) is 0 Å². The Morgan fingerprint density at radius 2 is 1.64 bits per heavy atom. The van der Waals surface area contributed by atoms with E-state index in [0.29, 0.717) is 11.1 Å². The van der Waals surface area contributed by atoms with Gasteiger partial charge in [0, 0.05) is 17.1 Å². The van der Waals surface area contributed by atoms with Gasteiger partial charge < -0.3 is 10.6 Å². The van der Waals surface area contributed by atoms with Crippen LogP contribution in [0.25, 0.3) is 0 Å². The minimum atomic E-state index is 0.460. The Kier molecular flexibility index (Phi) is 2.61. The van der Waals surface area contributed by atoms with Crippen molar-refractivity contribution in [2.45, 2.75) is 69.5 Å². The van der Waals surface area contributed by atoms with Gasteiger partial charge in [0.25, 0.3) is 0 Å². The van der Waals surface area contributed by atoms with Crippen LogP contribution in [0.15, 0.2) is 0 Å². The lowest BCUT2D eigenvalue weighted by Gasteiger charge is -2.44. The monoisotopic (exact) mass is 196 g/mol. The molecule has 3 atom stereocenters. The Morgan fingerprint density at radius 1 is 1.14 bits per heavy atom. The average Bonchev–Trinajstić information content (AvgIpc) is 2.52. The van der Waals surface area contributed by atoms with E-state index < -0.39 is 0 Å². The quantitative estimate of drug-likeness (QED) is 0.722. The molecule has 2 nitrogen and oxygen atoms in total. The summed E-state index contributed by atoms with van der Waals surface area (Å²) >= 11 is 0. The molecule has 0 saturated carbocycles. The maximum Gasteiger partial charge on any atom is 0.0199 e. The summed E-state index contributed by atoms with van der Waals surface area (Å²) in [5, 5.41) is 7.42. The third-order valence-electron chi connectivity index (χ3n) is 4.65. The Bertz CT molecular complexity index is 196. The van der Waals surface area contributed by atoms with Crippen molar-refractivity contribution in [3.05, 3.63) is 0 Å². The van der Waals surface area contributed by atoms with Crippen LogP contribution in [-0.2, 0) is 0 Å². The van der Waals surface area contributed by atoms with Crippen LogP contribution in [0.2, 0.25) is 0 Å².